The molecule has 0 saturated heterocycles. The smallest absolute Gasteiger partial charge is 0.0818 e. The highest BCUT2D eigenvalue weighted by molar-refractivity contribution is 7.94. The Hall–Kier alpha value is -0.500. The van der Waals surface area contributed by atoms with Gasteiger partial charge in [0.2, 0.25) is 0 Å². The van der Waals surface area contributed by atoms with E-state index in [1.54, 1.807) is 0 Å². The lowest BCUT2D eigenvalue weighted by atomic mass is 9.95. The third-order valence-corrected chi connectivity index (χ3v) is 4.61. The fraction of sp³-hybridized carbons (Fsp3) is 0.538. The lowest BCUT2D eigenvalue weighted by Gasteiger charge is -2.14. The zero-order valence-electron chi connectivity index (χ0n) is 9.03. The highest BCUT2D eigenvalue weighted by Crippen LogP contribution is 2.42. The molecule has 0 amide bonds. The van der Waals surface area contributed by atoms with Crippen LogP contribution in [0.3, 0.4) is 0 Å². The fourth-order valence-electron chi connectivity index (χ4n) is 3.27. The Bertz CT molecular complexity index is 388. The highest BCUT2D eigenvalue weighted by atomic mass is 32.2. The van der Waals surface area contributed by atoms with Crippen molar-refractivity contribution in [3.8, 4) is 0 Å². The van der Waals surface area contributed by atoms with Gasteiger partial charge in [0.25, 0.3) is 0 Å². The molecule has 1 aromatic rings. The molecule has 2 heteroatoms. The quantitative estimate of drug-likeness (QED) is 0.693. The monoisotopic (exact) mass is 222 g/mol. The van der Waals surface area contributed by atoms with Crippen LogP contribution in [0, 0.1) is 6.92 Å². The summed E-state index contributed by atoms with van der Waals surface area (Å²) in [5.74, 6) is 0. The maximum absolute atomic E-state index is 13.1. The fourth-order valence-corrected chi connectivity index (χ4v) is 3.91. The Morgan fingerprint density at radius 2 is 1.33 bits per heavy atom. The first-order chi connectivity index (χ1) is 7.33. The standard InChI is InChI=1S/C13H15FS/c1-8-9-4-2-6-11(9)13(15-14)12-7-3-5-10(8)12/h2-7H2,1H3. The zero-order chi connectivity index (χ0) is 10.4. The summed E-state index contributed by atoms with van der Waals surface area (Å²) < 4.78 is 13.1. The second-order valence-corrected chi connectivity index (χ2v) is 5.22. The van der Waals surface area contributed by atoms with Crippen LogP contribution >= 0.6 is 12.1 Å². The van der Waals surface area contributed by atoms with Gasteiger partial charge in [0.1, 0.15) is 0 Å². The summed E-state index contributed by atoms with van der Waals surface area (Å²) in [6.45, 7) is 2.24. The molecule has 0 radical (unpaired) electrons. The second kappa shape index (κ2) is 3.51. The van der Waals surface area contributed by atoms with Crippen molar-refractivity contribution in [2.24, 2.45) is 0 Å². The van der Waals surface area contributed by atoms with Gasteiger partial charge in [0, 0.05) is 4.90 Å². The molecular weight excluding hydrogens is 207 g/mol. The first kappa shape index (κ1) is 9.71. The molecule has 0 nitrogen and oxygen atoms in total. The van der Waals surface area contributed by atoms with Crippen LogP contribution in [0.5, 0.6) is 0 Å². The summed E-state index contributed by atoms with van der Waals surface area (Å²) in [5, 5.41) is 0. The van der Waals surface area contributed by atoms with Gasteiger partial charge in [-0.15, -0.1) is 0 Å². The molecule has 80 valence electrons. The van der Waals surface area contributed by atoms with Crippen molar-refractivity contribution in [1.29, 1.82) is 0 Å². The zero-order valence-corrected chi connectivity index (χ0v) is 9.85. The molecule has 0 unspecified atom stereocenters. The van der Waals surface area contributed by atoms with Crippen LogP contribution < -0.4 is 0 Å². The molecule has 0 heterocycles. The van der Waals surface area contributed by atoms with E-state index in [4.69, 9.17) is 0 Å². The summed E-state index contributed by atoms with van der Waals surface area (Å²) in [7, 11) is 0. The maximum Gasteiger partial charge on any atom is 0.0818 e. The minimum Gasteiger partial charge on any atom is -0.160 e. The largest absolute Gasteiger partial charge is 0.160 e. The Labute approximate surface area is 94.6 Å². The summed E-state index contributed by atoms with van der Waals surface area (Å²) in [5.41, 5.74) is 7.08. The van der Waals surface area contributed by atoms with Gasteiger partial charge in [0.15, 0.2) is 0 Å². The van der Waals surface area contributed by atoms with Crippen LogP contribution in [0.25, 0.3) is 0 Å². The van der Waals surface area contributed by atoms with Crippen molar-refractivity contribution >= 4 is 12.1 Å². The van der Waals surface area contributed by atoms with Crippen LogP contribution in [-0.2, 0) is 25.7 Å². The van der Waals surface area contributed by atoms with E-state index in [-0.39, 0.29) is 0 Å². The van der Waals surface area contributed by atoms with Crippen molar-refractivity contribution in [1.82, 2.24) is 0 Å². The molecule has 2 aliphatic carbocycles. The summed E-state index contributed by atoms with van der Waals surface area (Å²) >= 11 is 0.488. The third kappa shape index (κ3) is 1.27. The number of rotatable bonds is 1. The maximum atomic E-state index is 13.1. The van der Waals surface area contributed by atoms with E-state index >= 15 is 0 Å². The first-order valence-electron chi connectivity index (χ1n) is 5.77. The molecule has 1 aromatic carbocycles. The van der Waals surface area contributed by atoms with Crippen molar-refractivity contribution in [3.05, 3.63) is 27.8 Å². The van der Waals surface area contributed by atoms with Gasteiger partial charge in [-0.05, 0) is 73.3 Å². The van der Waals surface area contributed by atoms with E-state index in [1.807, 2.05) is 0 Å². The van der Waals surface area contributed by atoms with E-state index in [0.29, 0.717) is 12.1 Å². The predicted molar refractivity (Wildman–Crippen MR) is 62.2 cm³/mol. The SMILES string of the molecule is Cc1c2c(c(SF)c3c1CCC3)CCC2. The number of halogens is 1. The molecule has 0 bridgehead atoms. The Morgan fingerprint density at radius 1 is 0.867 bits per heavy atom. The van der Waals surface area contributed by atoms with Crippen LogP contribution in [-0.4, -0.2) is 0 Å². The van der Waals surface area contributed by atoms with E-state index in [2.05, 4.69) is 6.92 Å². The normalized spacial score (nSPS) is 18.0. The van der Waals surface area contributed by atoms with E-state index in [9.17, 15) is 3.89 Å². The molecule has 0 N–H and O–H groups in total. The van der Waals surface area contributed by atoms with E-state index in [0.717, 1.165) is 17.7 Å². The van der Waals surface area contributed by atoms with Gasteiger partial charge in [-0.3, -0.25) is 0 Å². The van der Waals surface area contributed by atoms with Crippen LogP contribution in [0.4, 0.5) is 3.89 Å². The molecule has 2 aliphatic rings. The number of benzene rings is 1. The molecular formula is C13H15FS. The van der Waals surface area contributed by atoms with E-state index in [1.165, 1.54) is 53.5 Å². The number of hydrogen-bond donors (Lipinski definition) is 0. The Morgan fingerprint density at radius 3 is 1.80 bits per heavy atom. The van der Waals surface area contributed by atoms with Gasteiger partial charge in [-0.2, -0.15) is 3.89 Å². The summed E-state index contributed by atoms with van der Waals surface area (Å²) in [4.78, 5) is 0.987. The number of hydrogen-bond acceptors (Lipinski definition) is 1. The lowest BCUT2D eigenvalue weighted by Crippen LogP contribution is -1.99. The Balaban J connectivity index is 2.31. The van der Waals surface area contributed by atoms with Crippen molar-refractivity contribution in [2.45, 2.75) is 50.3 Å². The average Bonchev–Trinajstić information content (AvgIpc) is 2.85. The van der Waals surface area contributed by atoms with Crippen LogP contribution in [0.2, 0.25) is 0 Å². The molecule has 0 aliphatic heterocycles. The van der Waals surface area contributed by atoms with Crippen molar-refractivity contribution in [3.63, 3.8) is 0 Å². The van der Waals surface area contributed by atoms with Gasteiger partial charge >= 0.3 is 0 Å². The topological polar surface area (TPSA) is 0 Å². The van der Waals surface area contributed by atoms with Gasteiger partial charge in [0.05, 0.1) is 12.1 Å². The molecule has 0 spiro atoms. The number of fused-ring (bicyclic) bond motifs is 2. The molecule has 0 fully saturated rings. The average molecular weight is 222 g/mol. The molecule has 0 saturated carbocycles. The molecule has 0 atom stereocenters. The second-order valence-electron chi connectivity index (χ2n) is 4.65. The first-order valence-corrected chi connectivity index (χ1v) is 6.49. The Kier molecular flexibility index (Phi) is 2.27. The molecule has 15 heavy (non-hydrogen) atoms. The van der Waals surface area contributed by atoms with Crippen LogP contribution in [0.15, 0.2) is 4.90 Å². The summed E-state index contributed by atoms with van der Waals surface area (Å²) in [6.07, 6.45) is 6.95. The summed E-state index contributed by atoms with van der Waals surface area (Å²) in [6, 6.07) is 0. The minimum absolute atomic E-state index is 0.488. The van der Waals surface area contributed by atoms with Gasteiger partial charge < -0.3 is 0 Å². The van der Waals surface area contributed by atoms with E-state index < -0.39 is 0 Å². The van der Waals surface area contributed by atoms with Crippen LogP contribution in [0.1, 0.15) is 40.7 Å². The third-order valence-electron chi connectivity index (χ3n) is 3.97. The van der Waals surface area contributed by atoms with Crippen molar-refractivity contribution in [2.75, 3.05) is 0 Å². The van der Waals surface area contributed by atoms with Gasteiger partial charge in [-0.25, -0.2) is 0 Å². The predicted octanol–water partition coefficient (Wildman–Crippen LogP) is 3.95. The molecule has 3 rings (SSSR count). The highest BCUT2D eigenvalue weighted by Gasteiger charge is 2.27. The molecule has 0 aromatic heterocycles. The lowest BCUT2D eigenvalue weighted by molar-refractivity contribution is 0.874. The van der Waals surface area contributed by atoms with Gasteiger partial charge in [-0.1, -0.05) is 0 Å². The minimum atomic E-state index is 0.488. The van der Waals surface area contributed by atoms with Crippen molar-refractivity contribution < 1.29 is 3.89 Å².